The van der Waals surface area contributed by atoms with Gasteiger partial charge in [0.15, 0.2) is 0 Å². The Labute approximate surface area is 170 Å². The Bertz CT molecular complexity index is 995. The largest absolute Gasteiger partial charge is 0.418 e. The van der Waals surface area contributed by atoms with Crippen LogP contribution in [0.5, 0.6) is 0 Å². The van der Waals surface area contributed by atoms with Gasteiger partial charge in [-0.2, -0.15) is 13.2 Å². The van der Waals surface area contributed by atoms with Gasteiger partial charge in [-0.05, 0) is 43.2 Å². The van der Waals surface area contributed by atoms with Gasteiger partial charge in [0.25, 0.3) is 5.91 Å². The van der Waals surface area contributed by atoms with E-state index in [1.165, 1.54) is 36.4 Å². The summed E-state index contributed by atoms with van der Waals surface area (Å²) in [5.74, 6) is -1.97. The minimum absolute atomic E-state index is 0.0555. The minimum Gasteiger partial charge on any atom is -0.321 e. The van der Waals surface area contributed by atoms with E-state index in [4.69, 9.17) is 0 Å². The minimum atomic E-state index is -4.61. The fourth-order valence-electron chi connectivity index (χ4n) is 4.24. The van der Waals surface area contributed by atoms with Gasteiger partial charge < -0.3 is 5.32 Å². The van der Waals surface area contributed by atoms with Crippen molar-refractivity contribution in [3.63, 3.8) is 0 Å². The Balaban J connectivity index is 1.60. The van der Waals surface area contributed by atoms with E-state index in [-0.39, 0.29) is 40.6 Å². The number of para-hydroxylation sites is 1. The third kappa shape index (κ3) is 3.58. The average molecular weight is 416 g/mol. The second-order valence-electron chi connectivity index (χ2n) is 7.56. The average Bonchev–Trinajstić information content (AvgIpc) is 2.98. The Kier molecular flexibility index (Phi) is 5.09. The van der Waals surface area contributed by atoms with Crippen LogP contribution in [0.4, 0.5) is 24.5 Å². The van der Waals surface area contributed by atoms with Crippen LogP contribution in [-0.2, 0) is 15.8 Å². The molecule has 1 saturated carbocycles. The highest BCUT2D eigenvalue weighted by Gasteiger charge is 2.48. The highest BCUT2D eigenvalue weighted by molar-refractivity contribution is 6.22. The molecule has 8 heteroatoms. The number of hydrogen-bond acceptors (Lipinski definition) is 3. The lowest BCUT2D eigenvalue weighted by Gasteiger charge is -2.19. The van der Waals surface area contributed by atoms with E-state index in [0.717, 1.165) is 23.8 Å². The Morgan fingerprint density at radius 2 is 1.57 bits per heavy atom. The first-order valence-corrected chi connectivity index (χ1v) is 9.73. The molecule has 1 aliphatic carbocycles. The molecule has 3 amide bonds. The first-order chi connectivity index (χ1) is 14.3. The summed E-state index contributed by atoms with van der Waals surface area (Å²) in [5, 5.41) is 2.28. The number of carbonyl (C=O) groups excluding carboxylic acids is 3. The fraction of sp³-hybridized carbons (Fsp3) is 0.318. The summed E-state index contributed by atoms with van der Waals surface area (Å²) in [6, 6.07) is 10.5. The van der Waals surface area contributed by atoms with Gasteiger partial charge in [0, 0.05) is 5.56 Å². The normalized spacial score (nSPS) is 21.5. The molecule has 1 saturated heterocycles. The van der Waals surface area contributed by atoms with Crippen LogP contribution in [0.2, 0.25) is 0 Å². The number of anilines is 2. The summed E-state index contributed by atoms with van der Waals surface area (Å²) in [6.07, 6.45) is -1.49. The summed E-state index contributed by atoms with van der Waals surface area (Å²) >= 11 is 0. The molecule has 5 nitrogen and oxygen atoms in total. The maximum Gasteiger partial charge on any atom is 0.418 e. The standard InChI is InChI=1S/C22H19F3N2O3/c23-22(24,25)17-10-3-4-11-18(17)26-19(28)13-6-5-7-14(12-13)27-20(29)15-8-1-2-9-16(15)21(27)30/h3-7,10-12,15-16H,1-2,8-9H2,(H,26,28)/t15-,16-/m1/s1. The molecule has 2 atom stereocenters. The fourth-order valence-corrected chi connectivity index (χ4v) is 4.24. The van der Waals surface area contributed by atoms with Crippen LogP contribution in [0.3, 0.4) is 0 Å². The molecule has 2 aromatic rings. The molecule has 0 bridgehead atoms. The number of halogens is 3. The number of hydrogen-bond donors (Lipinski definition) is 1. The second-order valence-corrected chi connectivity index (χ2v) is 7.56. The summed E-state index contributed by atoms with van der Waals surface area (Å²) in [4.78, 5) is 39.2. The Hall–Kier alpha value is -3.16. The number of imide groups is 1. The van der Waals surface area contributed by atoms with Crippen LogP contribution in [0, 0.1) is 11.8 Å². The van der Waals surface area contributed by atoms with Crippen LogP contribution in [0.1, 0.15) is 41.6 Å². The van der Waals surface area contributed by atoms with Crippen molar-refractivity contribution in [3.8, 4) is 0 Å². The Morgan fingerprint density at radius 1 is 0.933 bits per heavy atom. The maximum atomic E-state index is 13.2. The summed E-state index contributed by atoms with van der Waals surface area (Å²) in [5.41, 5.74) is -1.00. The highest BCUT2D eigenvalue weighted by Crippen LogP contribution is 2.40. The second kappa shape index (κ2) is 7.59. The van der Waals surface area contributed by atoms with Crippen molar-refractivity contribution in [2.24, 2.45) is 11.8 Å². The number of rotatable bonds is 3. The van der Waals surface area contributed by atoms with E-state index < -0.39 is 17.6 Å². The quantitative estimate of drug-likeness (QED) is 0.742. The van der Waals surface area contributed by atoms with Gasteiger partial charge in [-0.1, -0.05) is 31.0 Å². The summed E-state index contributed by atoms with van der Waals surface area (Å²) in [6.45, 7) is 0. The third-order valence-corrected chi connectivity index (χ3v) is 5.69. The molecule has 2 fully saturated rings. The zero-order valence-corrected chi connectivity index (χ0v) is 15.9. The number of benzene rings is 2. The zero-order valence-electron chi connectivity index (χ0n) is 15.9. The van der Waals surface area contributed by atoms with Crippen molar-refractivity contribution in [2.75, 3.05) is 10.2 Å². The molecular formula is C22H19F3N2O3. The first-order valence-electron chi connectivity index (χ1n) is 9.73. The lowest BCUT2D eigenvalue weighted by molar-refractivity contribution is -0.137. The highest BCUT2D eigenvalue weighted by atomic mass is 19.4. The number of carbonyl (C=O) groups is 3. The van der Waals surface area contributed by atoms with Crippen LogP contribution < -0.4 is 10.2 Å². The topological polar surface area (TPSA) is 66.5 Å². The van der Waals surface area contributed by atoms with Crippen LogP contribution in [-0.4, -0.2) is 17.7 Å². The molecule has 1 heterocycles. The number of alkyl halides is 3. The zero-order chi connectivity index (χ0) is 21.5. The van der Waals surface area contributed by atoms with Gasteiger partial charge >= 0.3 is 6.18 Å². The van der Waals surface area contributed by atoms with E-state index in [1.54, 1.807) is 6.07 Å². The lowest BCUT2D eigenvalue weighted by atomic mass is 9.81. The number of amides is 3. The predicted octanol–water partition coefficient (Wildman–Crippen LogP) is 4.64. The number of nitrogens with one attached hydrogen (secondary N) is 1. The van der Waals surface area contributed by atoms with Crippen LogP contribution >= 0.6 is 0 Å². The van der Waals surface area contributed by atoms with E-state index in [1.807, 2.05) is 0 Å². The van der Waals surface area contributed by atoms with Crippen LogP contribution in [0.15, 0.2) is 48.5 Å². The molecule has 1 aliphatic heterocycles. The van der Waals surface area contributed by atoms with Crippen LogP contribution in [0.25, 0.3) is 0 Å². The molecule has 2 aromatic carbocycles. The third-order valence-electron chi connectivity index (χ3n) is 5.69. The first kappa shape index (κ1) is 20.1. The molecule has 30 heavy (non-hydrogen) atoms. The SMILES string of the molecule is O=C(Nc1ccccc1C(F)(F)F)c1cccc(N2C(=O)[C@@H]3CCCC[C@H]3C2=O)c1. The summed E-state index contributed by atoms with van der Waals surface area (Å²) < 4.78 is 39.5. The van der Waals surface area contributed by atoms with Gasteiger partial charge in [0.1, 0.15) is 0 Å². The van der Waals surface area contributed by atoms with Gasteiger partial charge in [-0.15, -0.1) is 0 Å². The molecule has 0 radical (unpaired) electrons. The number of fused-ring (bicyclic) bond motifs is 1. The van der Waals surface area contributed by atoms with E-state index in [2.05, 4.69) is 5.32 Å². The molecular weight excluding hydrogens is 397 g/mol. The molecule has 1 N–H and O–H groups in total. The monoisotopic (exact) mass is 416 g/mol. The summed E-state index contributed by atoms with van der Waals surface area (Å²) in [7, 11) is 0. The predicted molar refractivity (Wildman–Crippen MR) is 104 cm³/mol. The Morgan fingerprint density at radius 3 is 2.20 bits per heavy atom. The van der Waals surface area contributed by atoms with E-state index >= 15 is 0 Å². The van der Waals surface area contributed by atoms with Gasteiger partial charge in [-0.3, -0.25) is 19.3 Å². The van der Waals surface area contributed by atoms with Crippen molar-refractivity contribution in [1.29, 1.82) is 0 Å². The maximum absolute atomic E-state index is 13.2. The smallest absolute Gasteiger partial charge is 0.321 e. The molecule has 4 rings (SSSR count). The van der Waals surface area contributed by atoms with E-state index in [9.17, 15) is 27.6 Å². The molecule has 0 aromatic heterocycles. The van der Waals surface area contributed by atoms with Gasteiger partial charge in [-0.25, -0.2) is 0 Å². The van der Waals surface area contributed by atoms with Gasteiger partial charge in [0.2, 0.25) is 11.8 Å². The van der Waals surface area contributed by atoms with Crippen molar-refractivity contribution < 1.29 is 27.6 Å². The molecule has 2 aliphatic rings. The molecule has 156 valence electrons. The van der Waals surface area contributed by atoms with Crippen molar-refractivity contribution in [2.45, 2.75) is 31.9 Å². The number of nitrogens with zero attached hydrogens (tertiary/aromatic N) is 1. The van der Waals surface area contributed by atoms with Crippen molar-refractivity contribution in [1.82, 2.24) is 0 Å². The van der Waals surface area contributed by atoms with Crippen molar-refractivity contribution >= 4 is 29.1 Å². The van der Waals surface area contributed by atoms with Crippen molar-refractivity contribution in [3.05, 3.63) is 59.7 Å². The van der Waals surface area contributed by atoms with Gasteiger partial charge in [0.05, 0.1) is 28.8 Å². The lowest BCUT2D eigenvalue weighted by Crippen LogP contribution is -2.31. The van der Waals surface area contributed by atoms with E-state index in [0.29, 0.717) is 12.8 Å². The molecule has 0 spiro atoms. The molecule has 0 unspecified atom stereocenters.